The summed E-state index contributed by atoms with van der Waals surface area (Å²) in [6, 6.07) is 17.5. The van der Waals surface area contributed by atoms with Crippen LogP contribution in [-0.2, 0) is 11.3 Å². The third-order valence-corrected chi connectivity index (χ3v) is 6.57. The lowest BCUT2D eigenvalue weighted by atomic mass is 10.1. The molecule has 2 aromatic carbocycles. The van der Waals surface area contributed by atoms with Crippen LogP contribution in [0.15, 0.2) is 70.4 Å². The number of carbonyl (C=O) groups excluding carboxylic acids is 1. The van der Waals surface area contributed by atoms with Crippen LogP contribution in [0.3, 0.4) is 0 Å². The normalized spacial score (nSPS) is 13.1. The van der Waals surface area contributed by atoms with Crippen molar-refractivity contribution in [3.8, 4) is 22.9 Å². The number of benzene rings is 2. The van der Waals surface area contributed by atoms with E-state index in [0.717, 1.165) is 28.2 Å². The Morgan fingerprint density at radius 2 is 1.94 bits per heavy atom. The summed E-state index contributed by atoms with van der Waals surface area (Å²) in [7, 11) is 0. The van der Waals surface area contributed by atoms with Gasteiger partial charge in [0.2, 0.25) is 12.7 Å². The van der Waals surface area contributed by atoms with Gasteiger partial charge in [0, 0.05) is 0 Å². The van der Waals surface area contributed by atoms with Crippen molar-refractivity contribution in [2.24, 2.45) is 0 Å². The second kappa shape index (κ2) is 9.64. The van der Waals surface area contributed by atoms with E-state index < -0.39 is 0 Å². The summed E-state index contributed by atoms with van der Waals surface area (Å²) in [5, 5.41) is 12.5. The zero-order valence-corrected chi connectivity index (χ0v) is 19.7. The molecule has 8 nitrogen and oxygen atoms in total. The molecule has 5 rings (SSSR count). The van der Waals surface area contributed by atoms with Crippen LogP contribution in [0.4, 0.5) is 0 Å². The molecular formula is C25H24N4O4S. The Morgan fingerprint density at radius 3 is 2.74 bits per heavy atom. The van der Waals surface area contributed by atoms with Crippen molar-refractivity contribution in [2.45, 2.75) is 31.6 Å². The highest BCUT2D eigenvalue weighted by atomic mass is 32.2. The molecule has 2 aromatic heterocycles. The summed E-state index contributed by atoms with van der Waals surface area (Å²) in [5.41, 5.74) is 2.95. The Morgan fingerprint density at radius 1 is 1.12 bits per heavy atom. The summed E-state index contributed by atoms with van der Waals surface area (Å²) in [4.78, 5) is 12.7. The SMILES string of the molecule is Cc1occc1-c1nnc(SCC(=O)NC(C)c2ccc3c(c2)OCO3)n1Cc1ccccc1. The predicted octanol–water partition coefficient (Wildman–Crippen LogP) is 4.59. The average Bonchev–Trinajstić information content (AvgIpc) is 3.58. The van der Waals surface area contributed by atoms with Crippen LogP contribution < -0.4 is 14.8 Å². The van der Waals surface area contributed by atoms with Gasteiger partial charge < -0.3 is 19.2 Å². The molecule has 9 heteroatoms. The monoisotopic (exact) mass is 476 g/mol. The fourth-order valence-electron chi connectivity index (χ4n) is 3.80. The second-order valence-corrected chi connectivity index (χ2v) is 8.90. The minimum atomic E-state index is -0.172. The maximum Gasteiger partial charge on any atom is 0.231 e. The number of rotatable bonds is 8. The van der Waals surface area contributed by atoms with E-state index in [1.807, 2.05) is 60.9 Å². The first-order chi connectivity index (χ1) is 16.6. The molecule has 34 heavy (non-hydrogen) atoms. The third kappa shape index (κ3) is 4.65. The third-order valence-electron chi connectivity index (χ3n) is 5.61. The summed E-state index contributed by atoms with van der Waals surface area (Å²) in [6.45, 7) is 4.65. The predicted molar refractivity (Wildman–Crippen MR) is 128 cm³/mol. The number of aromatic nitrogens is 3. The van der Waals surface area contributed by atoms with E-state index in [4.69, 9.17) is 13.9 Å². The van der Waals surface area contributed by atoms with Gasteiger partial charge in [-0.2, -0.15) is 0 Å². The van der Waals surface area contributed by atoms with Gasteiger partial charge in [0.15, 0.2) is 22.5 Å². The van der Waals surface area contributed by atoms with Gasteiger partial charge in [-0.3, -0.25) is 9.36 Å². The first kappa shape index (κ1) is 22.1. The van der Waals surface area contributed by atoms with Crippen LogP contribution in [0.2, 0.25) is 0 Å². The van der Waals surface area contributed by atoms with E-state index in [9.17, 15) is 4.79 Å². The first-order valence-electron chi connectivity index (χ1n) is 10.9. The number of aryl methyl sites for hydroxylation is 1. The number of nitrogens with one attached hydrogen (secondary N) is 1. The van der Waals surface area contributed by atoms with Crippen molar-refractivity contribution in [3.63, 3.8) is 0 Å². The van der Waals surface area contributed by atoms with Crippen LogP contribution in [0.1, 0.15) is 29.9 Å². The molecule has 1 aliphatic heterocycles. The van der Waals surface area contributed by atoms with Gasteiger partial charge in [-0.25, -0.2) is 0 Å². The maximum atomic E-state index is 12.7. The molecule has 4 aromatic rings. The zero-order chi connectivity index (χ0) is 23.5. The highest BCUT2D eigenvalue weighted by Gasteiger charge is 2.20. The fourth-order valence-corrected chi connectivity index (χ4v) is 4.55. The van der Waals surface area contributed by atoms with Crippen LogP contribution in [-0.4, -0.2) is 33.2 Å². The summed E-state index contributed by atoms with van der Waals surface area (Å²) >= 11 is 1.36. The number of furan rings is 1. The lowest BCUT2D eigenvalue weighted by Crippen LogP contribution is -2.28. The molecule has 0 bridgehead atoms. The van der Waals surface area contributed by atoms with Gasteiger partial charge in [-0.15, -0.1) is 10.2 Å². The Kier molecular flexibility index (Phi) is 6.27. The number of carbonyl (C=O) groups is 1. The standard InChI is InChI=1S/C25H24N4O4S/c1-16(19-8-9-21-22(12-19)33-15-32-21)26-23(30)14-34-25-28-27-24(20-10-11-31-17(20)2)29(25)13-18-6-4-3-5-7-18/h3-12,16H,13-15H2,1-2H3,(H,26,30). The molecule has 0 radical (unpaired) electrons. The summed E-state index contributed by atoms with van der Waals surface area (Å²) in [6.07, 6.45) is 1.64. The lowest BCUT2D eigenvalue weighted by Gasteiger charge is -2.15. The van der Waals surface area contributed by atoms with Crippen molar-refractivity contribution in [1.29, 1.82) is 0 Å². The number of ether oxygens (including phenoxy) is 2. The minimum Gasteiger partial charge on any atom is -0.469 e. The molecule has 0 saturated carbocycles. The zero-order valence-electron chi connectivity index (χ0n) is 18.9. The van der Waals surface area contributed by atoms with Gasteiger partial charge in [0.1, 0.15) is 5.76 Å². The molecule has 1 aliphatic rings. The van der Waals surface area contributed by atoms with E-state index in [0.29, 0.717) is 23.3 Å². The van der Waals surface area contributed by atoms with E-state index in [1.165, 1.54) is 11.8 Å². The molecule has 1 atom stereocenters. The van der Waals surface area contributed by atoms with E-state index in [2.05, 4.69) is 27.6 Å². The van der Waals surface area contributed by atoms with Crippen LogP contribution >= 0.6 is 11.8 Å². The largest absolute Gasteiger partial charge is 0.469 e. The van der Waals surface area contributed by atoms with Crippen molar-refractivity contribution in [3.05, 3.63) is 77.7 Å². The molecule has 1 unspecified atom stereocenters. The van der Waals surface area contributed by atoms with Gasteiger partial charge in [0.25, 0.3) is 0 Å². The number of hydrogen-bond donors (Lipinski definition) is 1. The number of nitrogens with zero attached hydrogens (tertiary/aromatic N) is 3. The molecule has 0 fully saturated rings. The van der Waals surface area contributed by atoms with Gasteiger partial charge in [-0.1, -0.05) is 48.2 Å². The molecule has 3 heterocycles. The van der Waals surface area contributed by atoms with Crippen LogP contribution in [0, 0.1) is 6.92 Å². The van der Waals surface area contributed by atoms with Gasteiger partial charge >= 0.3 is 0 Å². The number of hydrogen-bond acceptors (Lipinski definition) is 7. The molecular weight excluding hydrogens is 452 g/mol. The molecule has 0 aliphatic carbocycles. The topological polar surface area (TPSA) is 91.4 Å². The quantitative estimate of drug-likeness (QED) is 0.372. The Balaban J connectivity index is 1.29. The van der Waals surface area contributed by atoms with Crippen molar-refractivity contribution >= 4 is 17.7 Å². The van der Waals surface area contributed by atoms with E-state index in [1.54, 1.807) is 6.26 Å². The van der Waals surface area contributed by atoms with Gasteiger partial charge in [-0.05, 0) is 43.2 Å². The second-order valence-electron chi connectivity index (χ2n) is 7.96. The van der Waals surface area contributed by atoms with Crippen LogP contribution in [0.25, 0.3) is 11.4 Å². The Hall–Kier alpha value is -3.72. The highest BCUT2D eigenvalue weighted by molar-refractivity contribution is 7.99. The molecule has 174 valence electrons. The minimum absolute atomic E-state index is 0.0922. The molecule has 0 spiro atoms. The smallest absolute Gasteiger partial charge is 0.231 e. The average molecular weight is 477 g/mol. The van der Waals surface area contributed by atoms with Crippen LogP contribution in [0.5, 0.6) is 11.5 Å². The van der Waals surface area contributed by atoms with E-state index in [-0.39, 0.29) is 24.5 Å². The summed E-state index contributed by atoms with van der Waals surface area (Å²) < 4.78 is 18.3. The fraction of sp³-hybridized carbons (Fsp3) is 0.240. The van der Waals surface area contributed by atoms with E-state index >= 15 is 0 Å². The van der Waals surface area contributed by atoms with Crippen molar-refractivity contribution in [2.75, 3.05) is 12.5 Å². The van der Waals surface area contributed by atoms with Crippen molar-refractivity contribution < 1.29 is 18.7 Å². The number of thioether (sulfide) groups is 1. The lowest BCUT2D eigenvalue weighted by molar-refractivity contribution is -0.119. The number of fused-ring (bicyclic) bond motifs is 1. The van der Waals surface area contributed by atoms with Crippen molar-refractivity contribution in [1.82, 2.24) is 20.1 Å². The number of amides is 1. The maximum absolute atomic E-state index is 12.7. The molecule has 1 N–H and O–H groups in total. The molecule has 1 amide bonds. The summed E-state index contributed by atoms with van der Waals surface area (Å²) in [5.74, 6) is 3.03. The highest BCUT2D eigenvalue weighted by Crippen LogP contribution is 2.34. The first-order valence-corrected chi connectivity index (χ1v) is 11.9. The Bertz CT molecular complexity index is 1300. The molecule has 0 saturated heterocycles. The van der Waals surface area contributed by atoms with Gasteiger partial charge in [0.05, 0.1) is 30.2 Å². The Labute approximate surface area is 201 Å².